The van der Waals surface area contributed by atoms with Crippen molar-refractivity contribution in [2.75, 3.05) is 26.7 Å². The molecule has 5 heteroatoms. The molecule has 1 N–H and O–H groups in total. The van der Waals surface area contributed by atoms with Gasteiger partial charge in [-0.05, 0) is 18.7 Å². The summed E-state index contributed by atoms with van der Waals surface area (Å²) in [5, 5.41) is 0. The van der Waals surface area contributed by atoms with Crippen molar-refractivity contribution in [1.29, 1.82) is 0 Å². The lowest BCUT2D eigenvalue weighted by Gasteiger charge is -2.39. The maximum Gasteiger partial charge on any atom is 0.270 e. The molecular formula is C17H19N3O2. The molecule has 3 rings (SSSR count). The van der Waals surface area contributed by atoms with Crippen molar-refractivity contribution in [3.05, 3.63) is 70.1 Å². The number of carbonyl (C=O) groups excluding carboxylic acids is 1. The standard InChI is InChI=1S/C17H19N3O2/c1-19-10-11-20(12-15(19)13-6-3-2-4-7-13)17(22)14-8-5-9-16(21)18-14/h2-9,15H,10-12H2,1H3,(H,18,21). The second-order valence-electron chi connectivity index (χ2n) is 5.59. The highest BCUT2D eigenvalue weighted by Gasteiger charge is 2.29. The Bertz CT molecular complexity index is 711. The number of benzene rings is 1. The number of hydrogen-bond donors (Lipinski definition) is 1. The number of aromatic nitrogens is 1. The fraction of sp³-hybridized carbons (Fsp3) is 0.294. The molecule has 0 aliphatic carbocycles. The van der Waals surface area contributed by atoms with Gasteiger partial charge >= 0.3 is 0 Å². The van der Waals surface area contributed by atoms with Gasteiger partial charge in [-0.3, -0.25) is 14.5 Å². The molecule has 1 aliphatic heterocycles. The van der Waals surface area contributed by atoms with E-state index < -0.39 is 0 Å². The molecule has 114 valence electrons. The summed E-state index contributed by atoms with van der Waals surface area (Å²) in [7, 11) is 2.07. The lowest BCUT2D eigenvalue weighted by Crippen LogP contribution is -2.49. The molecule has 1 aliphatic rings. The molecule has 1 atom stereocenters. The first-order chi connectivity index (χ1) is 10.6. The highest BCUT2D eigenvalue weighted by molar-refractivity contribution is 5.92. The Hall–Kier alpha value is -2.40. The molecule has 2 aromatic rings. The van der Waals surface area contributed by atoms with Gasteiger partial charge in [0, 0.05) is 25.7 Å². The summed E-state index contributed by atoms with van der Waals surface area (Å²) < 4.78 is 0. The van der Waals surface area contributed by atoms with Crippen molar-refractivity contribution >= 4 is 5.91 Å². The van der Waals surface area contributed by atoms with Gasteiger partial charge in [0.15, 0.2) is 0 Å². The van der Waals surface area contributed by atoms with E-state index in [1.807, 2.05) is 23.1 Å². The molecule has 1 unspecified atom stereocenters. The van der Waals surface area contributed by atoms with Gasteiger partial charge in [0.2, 0.25) is 5.56 Å². The zero-order valence-electron chi connectivity index (χ0n) is 12.5. The molecule has 1 amide bonds. The third-order valence-electron chi connectivity index (χ3n) is 4.12. The van der Waals surface area contributed by atoms with Crippen LogP contribution < -0.4 is 5.56 Å². The van der Waals surface area contributed by atoms with Gasteiger partial charge in [-0.1, -0.05) is 36.4 Å². The number of H-pyrrole nitrogens is 1. The lowest BCUT2D eigenvalue weighted by atomic mass is 10.0. The SMILES string of the molecule is CN1CCN(C(=O)c2cccc(=O)[nH]2)CC1c1ccccc1. The van der Waals surface area contributed by atoms with E-state index in [4.69, 9.17) is 0 Å². The fourth-order valence-corrected chi connectivity index (χ4v) is 2.84. The molecule has 22 heavy (non-hydrogen) atoms. The minimum atomic E-state index is -0.250. The summed E-state index contributed by atoms with van der Waals surface area (Å²) >= 11 is 0. The van der Waals surface area contributed by atoms with Gasteiger partial charge in [-0.2, -0.15) is 0 Å². The smallest absolute Gasteiger partial charge is 0.270 e. The van der Waals surface area contributed by atoms with Crippen LogP contribution in [-0.4, -0.2) is 47.4 Å². The molecule has 1 fully saturated rings. The second-order valence-corrected chi connectivity index (χ2v) is 5.59. The maximum atomic E-state index is 12.6. The van der Waals surface area contributed by atoms with Crippen LogP contribution in [0.3, 0.4) is 0 Å². The molecule has 0 radical (unpaired) electrons. The van der Waals surface area contributed by atoms with Crippen LogP contribution in [0.2, 0.25) is 0 Å². The van der Waals surface area contributed by atoms with E-state index in [-0.39, 0.29) is 17.5 Å². The van der Waals surface area contributed by atoms with Crippen molar-refractivity contribution in [3.63, 3.8) is 0 Å². The Morgan fingerprint density at radius 3 is 2.59 bits per heavy atom. The van der Waals surface area contributed by atoms with E-state index in [1.54, 1.807) is 12.1 Å². The number of hydrogen-bond acceptors (Lipinski definition) is 3. The second kappa shape index (κ2) is 6.15. The number of likely N-dealkylation sites (N-methyl/N-ethyl adjacent to an activating group) is 1. The van der Waals surface area contributed by atoms with Gasteiger partial charge in [0.05, 0.1) is 6.04 Å². The van der Waals surface area contributed by atoms with Crippen LogP contribution in [0.15, 0.2) is 53.3 Å². The average molecular weight is 297 g/mol. The van der Waals surface area contributed by atoms with E-state index in [1.165, 1.54) is 11.6 Å². The number of amides is 1. The molecule has 1 saturated heterocycles. The number of pyridine rings is 1. The highest BCUT2D eigenvalue weighted by Crippen LogP contribution is 2.24. The Kier molecular flexibility index (Phi) is 4.06. The molecule has 0 bridgehead atoms. The summed E-state index contributed by atoms with van der Waals surface area (Å²) in [5.74, 6) is -0.119. The van der Waals surface area contributed by atoms with Crippen molar-refractivity contribution in [2.24, 2.45) is 0 Å². The molecule has 1 aromatic carbocycles. The topological polar surface area (TPSA) is 56.4 Å². The largest absolute Gasteiger partial charge is 0.334 e. The number of rotatable bonds is 2. The van der Waals surface area contributed by atoms with Crippen LogP contribution >= 0.6 is 0 Å². The van der Waals surface area contributed by atoms with Crippen LogP contribution in [0.1, 0.15) is 22.1 Å². The van der Waals surface area contributed by atoms with Gasteiger partial charge in [0.25, 0.3) is 5.91 Å². The van der Waals surface area contributed by atoms with Crippen LogP contribution in [0.5, 0.6) is 0 Å². The minimum absolute atomic E-state index is 0.119. The van der Waals surface area contributed by atoms with Crippen LogP contribution in [0.25, 0.3) is 0 Å². The molecular weight excluding hydrogens is 278 g/mol. The predicted molar refractivity (Wildman–Crippen MR) is 84.8 cm³/mol. The molecule has 0 spiro atoms. The van der Waals surface area contributed by atoms with E-state index in [9.17, 15) is 9.59 Å². The summed E-state index contributed by atoms with van der Waals surface area (Å²) in [6.45, 7) is 2.09. The first kappa shape index (κ1) is 14.5. The van der Waals surface area contributed by atoms with Gasteiger partial charge in [-0.25, -0.2) is 0 Å². The molecule has 1 aromatic heterocycles. The third kappa shape index (κ3) is 2.94. The summed E-state index contributed by atoms with van der Waals surface area (Å²) in [6.07, 6.45) is 0. The van der Waals surface area contributed by atoms with Crippen molar-refractivity contribution in [2.45, 2.75) is 6.04 Å². The van der Waals surface area contributed by atoms with Crippen LogP contribution in [-0.2, 0) is 0 Å². The van der Waals surface area contributed by atoms with Gasteiger partial charge < -0.3 is 9.88 Å². The average Bonchev–Trinajstić information content (AvgIpc) is 2.55. The van der Waals surface area contributed by atoms with Crippen molar-refractivity contribution in [1.82, 2.24) is 14.8 Å². The third-order valence-corrected chi connectivity index (χ3v) is 4.12. The van der Waals surface area contributed by atoms with Gasteiger partial charge in [0.1, 0.15) is 5.69 Å². The van der Waals surface area contributed by atoms with E-state index in [2.05, 4.69) is 29.1 Å². The zero-order valence-corrected chi connectivity index (χ0v) is 12.5. The Morgan fingerprint density at radius 1 is 1.09 bits per heavy atom. The summed E-state index contributed by atoms with van der Waals surface area (Å²) in [4.78, 5) is 30.6. The van der Waals surface area contributed by atoms with Crippen LogP contribution in [0, 0.1) is 0 Å². The lowest BCUT2D eigenvalue weighted by molar-refractivity contribution is 0.0540. The fourth-order valence-electron chi connectivity index (χ4n) is 2.84. The van der Waals surface area contributed by atoms with Gasteiger partial charge in [-0.15, -0.1) is 0 Å². The normalized spacial score (nSPS) is 19.1. The Morgan fingerprint density at radius 2 is 1.86 bits per heavy atom. The quantitative estimate of drug-likeness (QED) is 0.914. The Balaban J connectivity index is 1.81. The predicted octanol–water partition coefficient (Wildman–Crippen LogP) is 1.50. The minimum Gasteiger partial charge on any atom is -0.334 e. The maximum absolute atomic E-state index is 12.6. The summed E-state index contributed by atoms with van der Waals surface area (Å²) in [5.41, 5.74) is 1.30. The Labute approximate surface area is 129 Å². The monoisotopic (exact) mass is 297 g/mol. The number of nitrogens with one attached hydrogen (secondary N) is 1. The van der Waals surface area contributed by atoms with Crippen molar-refractivity contribution < 1.29 is 4.79 Å². The molecule has 0 saturated carbocycles. The molecule has 5 nitrogen and oxygen atoms in total. The van der Waals surface area contributed by atoms with Crippen LogP contribution in [0.4, 0.5) is 0 Å². The van der Waals surface area contributed by atoms with E-state index >= 15 is 0 Å². The number of carbonyl (C=O) groups is 1. The summed E-state index contributed by atoms with van der Waals surface area (Å²) in [6, 6.07) is 15.0. The number of aromatic amines is 1. The number of nitrogens with zero attached hydrogens (tertiary/aromatic N) is 2. The van der Waals surface area contributed by atoms with Crippen molar-refractivity contribution in [3.8, 4) is 0 Å². The zero-order chi connectivity index (χ0) is 15.5. The van der Waals surface area contributed by atoms with E-state index in [0.717, 1.165) is 6.54 Å². The molecule has 2 heterocycles. The first-order valence-electron chi connectivity index (χ1n) is 7.39. The first-order valence-corrected chi connectivity index (χ1v) is 7.39. The number of piperazine rings is 1. The van der Waals surface area contributed by atoms with E-state index in [0.29, 0.717) is 18.8 Å². The highest BCUT2D eigenvalue weighted by atomic mass is 16.2.